The van der Waals surface area contributed by atoms with Crippen molar-refractivity contribution in [1.29, 1.82) is 0 Å². The Morgan fingerprint density at radius 1 is 1.33 bits per heavy atom. The van der Waals surface area contributed by atoms with Crippen molar-refractivity contribution in [2.75, 3.05) is 19.5 Å². The Labute approximate surface area is 110 Å². The van der Waals surface area contributed by atoms with Crippen LogP contribution in [0.2, 0.25) is 0 Å². The van der Waals surface area contributed by atoms with Gasteiger partial charge in [-0.1, -0.05) is 20.8 Å². The van der Waals surface area contributed by atoms with E-state index in [0.29, 0.717) is 5.92 Å². The summed E-state index contributed by atoms with van der Waals surface area (Å²) in [5, 5.41) is 3.17. The molecule has 4 nitrogen and oxygen atoms in total. The molecule has 1 aromatic rings. The maximum Gasteiger partial charge on any atom is 0.162 e. The number of hydrogen-bond donors (Lipinski definition) is 1. The third kappa shape index (κ3) is 2.64. The lowest BCUT2D eigenvalue weighted by atomic mass is 9.99. The molecule has 0 aromatic carbocycles. The topological polar surface area (TPSA) is 47.0 Å². The Kier molecular flexibility index (Phi) is 4.68. The number of rotatable bonds is 5. The molecular weight excluding hydrogens is 226 g/mol. The quantitative estimate of drug-likeness (QED) is 0.873. The molecule has 0 radical (unpaired) electrons. The average molecular weight is 251 g/mol. The van der Waals surface area contributed by atoms with E-state index in [1.165, 1.54) is 5.56 Å². The van der Waals surface area contributed by atoms with E-state index < -0.39 is 5.60 Å². The number of anilines is 1. The van der Waals surface area contributed by atoms with Gasteiger partial charge in [0, 0.05) is 25.4 Å². The number of methoxy groups -OCH3 is 1. The zero-order valence-corrected chi connectivity index (χ0v) is 12.6. The molecule has 0 bridgehead atoms. The van der Waals surface area contributed by atoms with Gasteiger partial charge in [0.25, 0.3) is 0 Å². The fourth-order valence-corrected chi connectivity index (χ4v) is 2.09. The van der Waals surface area contributed by atoms with Gasteiger partial charge in [-0.3, -0.25) is 0 Å². The molecule has 1 atom stereocenters. The van der Waals surface area contributed by atoms with Crippen LogP contribution in [-0.2, 0) is 10.3 Å². The first-order valence-corrected chi connectivity index (χ1v) is 6.51. The second-order valence-electron chi connectivity index (χ2n) is 5.09. The predicted octanol–water partition coefficient (Wildman–Crippen LogP) is 3.22. The third-order valence-electron chi connectivity index (χ3n) is 3.55. The summed E-state index contributed by atoms with van der Waals surface area (Å²) in [7, 11) is 3.60. The third-order valence-corrected chi connectivity index (χ3v) is 3.55. The second-order valence-corrected chi connectivity index (χ2v) is 5.09. The van der Waals surface area contributed by atoms with Crippen molar-refractivity contribution in [2.45, 2.75) is 52.6 Å². The molecule has 4 heteroatoms. The highest BCUT2D eigenvalue weighted by Crippen LogP contribution is 2.30. The SMILES string of the molecule is CCC(C)(OC)c1nc(C)c(C(C)C)c(NC)n1. The number of aromatic nitrogens is 2. The summed E-state index contributed by atoms with van der Waals surface area (Å²) in [6.07, 6.45) is 0.840. The summed E-state index contributed by atoms with van der Waals surface area (Å²) in [6, 6.07) is 0. The van der Waals surface area contributed by atoms with Gasteiger partial charge in [0.2, 0.25) is 0 Å². The van der Waals surface area contributed by atoms with Crippen molar-refractivity contribution in [3.63, 3.8) is 0 Å². The van der Waals surface area contributed by atoms with E-state index in [4.69, 9.17) is 4.74 Å². The van der Waals surface area contributed by atoms with Crippen LogP contribution in [0.4, 0.5) is 5.82 Å². The summed E-state index contributed by atoms with van der Waals surface area (Å²) >= 11 is 0. The van der Waals surface area contributed by atoms with Crippen molar-refractivity contribution in [1.82, 2.24) is 9.97 Å². The first-order chi connectivity index (χ1) is 8.39. The zero-order valence-electron chi connectivity index (χ0n) is 12.6. The molecule has 1 heterocycles. The van der Waals surface area contributed by atoms with Crippen LogP contribution < -0.4 is 5.32 Å². The maximum absolute atomic E-state index is 5.58. The lowest BCUT2D eigenvalue weighted by molar-refractivity contribution is -0.00903. The highest BCUT2D eigenvalue weighted by molar-refractivity contribution is 5.48. The summed E-state index contributed by atoms with van der Waals surface area (Å²) in [6.45, 7) is 10.4. The Hall–Kier alpha value is -1.16. The van der Waals surface area contributed by atoms with Crippen LogP contribution in [0.5, 0.6) is 0 Å². The van der Waals surface area contributed by atoms with Crippen molar-refractivity contribution >= 4 is 5.82 Å². The number of aryl methyl sites for hydroxylation is 1. The molecule has 0 aliphatic carbocycles. The van der Waals surface area contributed by atoms with Gasteiger partial charge in [0.1, 0.15) is 11.4 Å². The maximum atomic E-state index is 5.58. The molecule has 0 saturated carbocycles. The fraction of sp³-hybridized carbons (Fsp3) is 0.714. The fourth-order valence-electron chi connectivity index (χ4n) is 2.09. The van der Waals surface area contributed by atoms with Crippen molar-refractivity contribution in [3.05, 3.63) is 17.1 Å². The number of ether oxygens (including phenoxy) is 1. The predicted molar refractivity (Wildman–Crippen MR) is 75.1 cm³/mol. The summed E-state index contributed by atoms with van der Waals surface area (Å²) in [5.74, 6) is 2.06. The molecule has 0 saturated heterocycles. The zero-order chi connectivity index (χ0) is 13.9. The molecule has 18 heavy (non-hydrogen) atoms. The minimum atomic E-state index is -0.425. The van der Waals surface area contributed by atoms with Crippen LogP contribution in [0.3, 0.4) is 0 Å². The molecule has 1 unspecified atom stereocenters. The molecular formula is C14H25N3O. The van der Waals surface area contributed by atoms with E-state index in [-0.39, 0.29) is 0 Å². The van der Waals surface area contributed by atoms with Crippen molar-refractivity contribution in [3.8, 4) is 0 Å². The lowest BCUT2D eigenvalue weighted by Crippen LogP contribution is -2.27. The van der Waals surface area contributed by atoms with Gasteiger partial charge in [-0.25, -0.2) is 9.97 Å². The summed E-state index contributed by atoms with van der Waals surface area (Å²) in [5.41, 5.74) is 1.78. The number of hydrogen-bond acceptors (Lipinski definition) is 4. The van der Waals surface area contributed by atoms with Crippen molar-refractivity contribution in [2.24, 2.45) is 0 Å². The lowest BCUT2D eigenvalue weighted by Gasteiger charge is -2.27. The van der Waals surface area contributed by atoms with Crippen LogP contribution in [0.15, 0.2) is 0 Å². The standard InChI is InChI=1S/C14H25N3O/c1-8-14(5,18-7)13-16-10(4)11(9(2)3)12(15-6)17-13/h9H,8H2,1-7H3,(H,15,16,17). The normalized spacial score (nSPS) is 14.7. The van der Waals surface area contributed by atoms with Gasteiger partial charge in [0.05, 0.1) is 0 Å². The molecule has 0 aliphatic rings. The van der Waals surface area contributed by atoms with Crippen LogP contribution in [0.1, 0.15) is 57.1 Å². The van der Waals surface area contributed by atoms with E-state index in [0.717, 1.165) is 23.8 Å². The summed E-state index contributed by atoms with van der Waals surface area (Å²) < 4.78 is 5.58. The Bertz CT molecular complexity index is 412. The molecule has 1 rings (SSSR count). The average Bonchev–Trinajstić information content (AvgIpc) is 2.36. The molecule has 0 amide bonds. The van der Waals surface area contributed by atoms with E-state index in [2.05, 4.69) is 36.1 Å². The van der Waals surface area contributed by atoms with E-state index in [1.54, 1.807) is 7.11 Å². The highest BCUT2D eigenvalue weighted by Gasteiger charge is 2.29. The van der Waals surface area contributed by atoms with Crippen LogP contribution in [-0.4, -0.2) is 24.1 Å². The number of nitrogens with zero attached hydrogens (tertiary/aromatic N) is 2. The molecule has 0 fully saturated rings. The molecule has 0 aliphatic heterocycles. The van der Waals surface area contributed by atoms with Gasteiger partial charge in [0.15, 0.2) is 5.82 Å². The van der Waals surface area contributed by atoms with Crippen LogP contribution >= 0.6 is 0 Å². The first-order valence-electron chi connectivity index (χ1n) is 6.51. The van der Waals surface area contributed by atoms with E-state index in [9.17, 15) is 0 Å². The summed E-state index contributed by atoms with van der Waals surface area (Å²) in [4.78, 5) is 9.28. The van der Waals surface area contributed by atoms with E-state index in [1.807, 2.05) is 20.9 Å². The second kappa shape index (κ2) is 5.65. The van der Waals surface area contributed by atoms with Gasteiger partial charge < -0.3 is 10.1 Å². The molecule has 0 spiro atoms. The monoisotopic (exact) mass is 251 g/mol. The van der Waals surface area contributed by atoms with Gasteiger partial charge in [-0.05, 0) is 26.2 Å². The first kappa shape index (κ1) is 14.9. The molecule has 1 N–H and O–H groups in total. The Balaban J connectivity index is 3.39. The number of nitrogens with one attached hydrogen (secondary N) is 1. The largest absolute Gasteiger partial charge is 0.373 e. The minimum absolute atomic E-state index is 0.400. The molecule has 102 valence electrons. The van der Waals surface area contributed by atoms with Gasteiger partial charge in [-0.15, -0.1) is 0 Å². The van der Waals surface area contributed by atoms with Crippen LogP contribution in [0.25, 0.3) is 0 Å². The van der Waals surface area contributed by atoms with Gasteiger partial charge in [-0.2, -0.15) is 0 Å². The Morgan fingerprint density at radius 3 is 2.33 bits per heavy atom. The van der Waals surface area contributed by atoms with E-state index >= 15 is 0 Å². The smallest absolute Gasteiger partial charge is 0.162 e. The Morgan fingerprint density at radius 2 is 1.94 bits per heavy atom. The minimum Gasteiger partial charge on any atom is -0.373 e. The molecule has 1 aromatic heterocycles. The highest BCUT2D eigenvalue weighted by atomic mass is 16.5. The van der Waals surface area contributed by atoms with Crippen LogP contribution in [0, 0.1) is 6.92 Å². The van der Waals surface area contributed by atoms with Gasteiger partial charge >= 0.3 is 0 Å². The van der Waals surface area contributed by atoms with Crippen molar-refractivity contribution < 1.29 is 4.74 Å².